The van der Waals surface area contributed by atoms with Crippen LogP contribution in [0.1, 0.15) is 6.92 Å². The number of rotatable bonds is 6. The quantitative estimate of drug-likeness (QED) is 0.609. The van der Waals surface area contributed by atoms with Crippen LogP contribution in [0.4, 0.5) is 8.78 Å². The number of nitrogens with one attached hydrogen (secondary N) is 2. The number of thioether (sulfide) groups is 1. The van der Waals surface area contributed by atoms with Gasteiger partial charge < -0.3 is 4.74 Å². The van der Waals surface area contributed by atoms with Crippen molar-refractivity contribution in [3.63, 3.8) is 0 Å². The summed E-state index contributed by atoms with van der Waals surface area (Å²) in [5.74, 6) is -1.34. The standard InChI is InChI=1S/C17H16F2N2O3S/c1-11(24-14-6-2-12(18)3-7-14)17(23)21-20-16(22)10-25-15-8-4-13(19)5-9-15/h2-9,11H,10H2,1H3,(H,20,22)(H,21,23). The Morgan fingerprint density at radius 3 is 2.16 bits per heavy atom. The zero-order valence-electron chi connectivity index (χ0n) is 13.3. The molecular formula is C17H16F2N2O3S. The number of carbonyl (C=O) groups is 2. The summed E-state index contributed by atoms with van der Waals surface area (Å²) in [5.41, 5.74) is 4.51. The highest BCUT2D eigenvalue weighted by atomic mass is 32.2. The Labute approximate surface area is 147 Å². The molecule has 0 aliphatic rings. The molecule has 25 heavy (non-hydrogen) atoms. The smallest absolute Gasteiger partial charge is 0.279 e. The molecule has 2 amide bonds. The minimum Gasteiger partial charge on any atom is -0.481 e. The van der Waals surface area contributed by atoms with Crippen LogP contribution >= 0.6 is 11.8 Å². The van der Waals surface area contributed by atoms with Gasteiger partial charge in [0.1, 0.15) is 17.4 Å². The van der Waals surface area contributed by atoms with E-state index in [9.17, 15) is 18.4 Å². The SMILES string of the molecule is CC(Oc1ccc(F)cc1)C(=O)NNC(=O)CSc1ccc(F)cc1. The van der Waals surface area contributed by atoms with Crippen molar-refractivity contribution in [1.29, 1.82) is 0 Å². The number of hydrogen-bond donors (Lipinski definition) is 2. The van der Waals surface area contributed by atoms with Gasteiger partial charge in [-0.15, -0.1) is 11.8 Å². The number of halogens is 2. The molecule has 8 heteroatoms. The summed E-state index contributed by atoms with van der Waals surface area (Å²) < 4.78 is 30.9. The van der Waals surface area contributed by atoms with Gasteiger partial charge in [0.05, 0.1) is 5.75 Å². The number of ether oxygens (including phenoxy) is 1. The molecule has 0 aliphatic heterocycles. The van der Waals surface area contributed by atoms with E-state index in [1.54, 1.807) is 12.1 Å². The third kappa shape index (κ3) is 6.42. The summed E-state index contributed by atoms with van der Waals surface area (Å²) in [6.45, 7) is 1.50. The fourth-order valence-electron chi connectivity index (χ4n) is 1.72. The number of carbonyl (C=O) groups excluding carboxylic acids is 2. The Balaban J connectivity index is 1.71. The second kappa shape index (κ2) is 9.03. The van der Waals surface area contributed by atoms with Crippen LogP contribution in [0.5, 0.6) is 5.75 Å². The highest BCUT2D eigenvalue weighted by Gasteiger charge is 2.15. The molecule has 2 aromatic rings. The molecule has 0 saturated heterocycles. The van der Waals surface area contributed by atoms with Gasteiger partial charge in [-0.25, -0.2) is 8.78 Å². The van der Waals surface area contributed by atoms with Gasteiger partial charge in [-0.05, 0) is 55.5 Å². The maximum absolute atomic E-state index is 12.8. The summed E-state index contributed by atoms with van der Waals surface area (Å²) >= 11 is 1.20. The highest BCUT2D eigenvalue weighted by Crippen LogP contribution is 2.17. The van der Waals surface area contributed by atoms with E-state index in [0.717, 1.165) is 4.90 Å². The van der Waals surface area contributed by atoms with E-state index in [2.05, 4.69) is 10.9 Å². The first-order valence-corrected chi connectivity index (χ1v) is 8.32. The Bertz CT molecular complexity index is 724. The van der Waals surface area contributed by atoms with Crippen LogP contribution in [0.3, 0.4) is 0 Å². The zero-order chi connectivity index (χ0) is 18.2. The van der Waals surface area contributed by atoms with Crippen molar-refractivity contribution in [1.82, 2.24) is 10.9 Å². The lowest BCUT2D eigenvalue weighted by Crippen LogP contribution is -2.47. The summed E-state index contributed by atoms with van der Waals surface area (Å²) in [6, 6.07) is 11.0. The van der Waals surface area contributed by atoms with Crippen molar-refractivity contribution in [3.05, 3.63) is 60.2 Å². The van der Waals surface area contributed by atoms with Crippen LogP contribution in [0.2, 0.25) is 0 Å². The van der Waals surface area contributed by atoms with Crippen LogP contribution < -0.4 is 15.6 Å². The monoisotopic (exact) mass is 366 g/mol. The van der Waals surface area contributed by atoms with Crippen molar-refractivity contribution in [3.8, 4) is 5.75 Å². The molecule has 132 valence electrons. The van der Waals surface area contributed by atoms with Crippen LogP contribution in [0, 0.1) is 11.6 Å². The van der Waals surface area contributed by atoms with Gasteiger partial charge in [0.15, 0.2) is 6.10 Å². The number of hydrogen-bond acceptors (Lipinski definition) is 4. The summed E-state index contributed by atoms with van der Waals surface area (Å²) in [4.78, 5) is 24.3. The van der Waals surface area contributed by atoms with Gasteiger partial charge in [0.25, 0.3) is 5.91 Å². The van der Waals surface area contributed by atoms with E-state index in [-0.39, 0.29) is 11.6 Å². The second-order valence-electron chi connectivity index (χ2n) is 4.99. The molecule has 0 heterocycles. The molecule has 0 bridgehead atoms. The van der Waals surface area contributed by atoms with Gasteiger partial charge in [0.2, 0.25) is 5.91 Å². The Morgan fingerprint density at radius 1 is 1.00 bits per heavy atom. The Hall–Kier alpha value is -2.61. The second-order valence-corrected chi connectivity index (χ2v) is 6.04. The van der Waals surface area contributed by atoms with E-state index in [1.807, 2.05) is 0 Å². The summed E-state index contributed by atoms with van der Waals surface area (Å²) in [5, 5.41) is 0. The maximum atomic E-state index is 12.8. The lowest BCUT2D eigenvalue weighted by atomic mass is 10.3. The third-order valence-corrected chi connectivity index (χ3v) is 4.02. The molecule has 2 N–H and O–H groups in total. The van der Waals surface area contributed by atoms with Crippen molar-refractivity contribution in [2.75, 3.05) is 5.75 Å². The minimum absolute atomic E-state index is 0.0547. The first kappa shape index (κ1) is 18.7. The number of benzene rings is 2. The van der Waals surface area contributed by atoms with Crippen LogP contribution in [-0.4, -0.2) is 23.7 Å². The van der Waals surface area contributed by atoms with Crippen molar-refractivity contribution in [2.45, 2.75) is 17.9 Å². The summed E-state index contributed by atoms with van der Waals surface area (Å²) in [7, 11) is 0. The van der Waals surface area contributed by atoms with E-state index in [1.165, 1.54) is 55.1 Å². The predicted molar refractivity (Wildman–Crippen MR) is 89.9 cm³/mol. The normalized spacial score (nSPS) is 11.5. The first-order valence-electron chi connectivity index (χ1n) is 7.33. The molecule has 0 fully saturated rings. The molecule has 0 spiro atoms. The lowest BCUT2D eigenvalue weighted by molar-refractivity contribution is -0.131. The molecule has 1 unspecified atom stereocenters. The highest BCUT2D eigenvalue weighted by molar-refractivity contribution is 8.00. The lowest BCUT2D eigenvalue weighted by Gasteiger charge is -2.15. The zero-order valence-corrected chi connectivity index (χ0v) is 14.1. The van der Waals surface area contributed by atoms with Crippen LogP contribution in [0.25, 0.3) is 0 Å². The van der Waals surface area contributed by atoms with E-state index >= 15 is 0 Å². The van der Waals surface area contributed by atoms with Gasteiger partial charge in [-0.1, -0.05) is 0 Å². The average molecular weight is 366 g/mol. The average Bonchev–Trinajstić information content (AvgIpc) is 2.61. The Morgan fingerprint density at radius 2 is 1.56 bits per heavy atom. The van der Waals surface area contributed by atoms with Gasteiger partial charge in [-0.3, -0.25) is 20.4 Å². The summed E-state index contributed by atoms with van der Waals surface area (Å²) in [6.07, 6.45) is -0.879. The molecule has 0 radical (unpaired) electrons. The third-order valence-electron chi connectivity index (χ3n) is 3.00. The molecule has 2 rings (SSSR count). The molecule has 0 saturated carbocycles. The predicted octanol–water partition coefficient (Wildman–Crippen LogP) is 2.67. The van der Waals surface area contributed by atoms with Gasteiger partial charge in [-0.2, -0.15) is 0 Å². The topological polar surface area (TPSA) is 67.4 Å². The molecule has 1 atom stereocenters. The molecule has 0 aromatic heterocycles. The molecular weight excluding hydrogens is 350 g/mol. The van der Waals surface area contributed by atoms with Crippen molar-refractivity contribution in [2.24, 2.45) is 0 Å². The minimum atomic E-state index is -0.879. The van der Waals surface area contributed by atoms with Crippen LogP contribution in [0.15, 0.2) is 53.4 Å². The number of hydrazine groups is 1. The fraction of sp³-hybridized carbons (Fsp3) is 0.176. The molecule has 0 aliphatic carbocycles. The maximum Gasteiger partial charge on any atom is 0.279 e. The first-order chi connectivity index (χ1) is 11.9. The molecule has 5 nitrogen and oxygen atoms in total. The van der Waals surface area contributed by atoms with Crippen LogP contribution in [-0.2, 0) is 9.59 Å². The fourth-order valence-corrected chi connectivity index (χ4v) is 2.42. The van der Waals surface area contributed by atoms with E-state index < -0.39 is 23.7 Å². The van der Waals surface area contributed by atoms with Gasteiger partial charge >= 0.3 is 0 Å². The van der Waals surface area contributed by atoms with Gasteiger partial charge in [0, 0.05) is 4.90 Å². The number of amides is 2. The molecule has 2 aromatic carbocycles. The van der Waals surface area contributed by atoms with Crippen molar-refractivity contribution >= 4 is 23.6 Å². The van der Waals surface area contributed by atoms with E-state index in [0.29, 0.717) is 5.75 Å². The van der Waals surface area contributed by atoms with E-state index in [4.69, 9.17) is 4.74 Å². The van der Waals surface area contributed by atoms with Crippen molar-refractivity contribution < 1.29 is 23.1 Å². The largest absolute Gasteiger partial charge is 0.481 e. The Kier molecular flexibility index (Phi) is 6.76.